The van der Waals surface area contributed by atoms with Crippen LogP contribution in [0.25, 0.3) is 11.1 Å². The monoisotopic (exact) mass is 466 g/mol. The number of alkyl carbamates (subject to hydrolysis) is 1. The molecule has 0 fully saturated rings. The number of rotatable bonds is 12. The molecular weight excluding hydrogens is 432 g/mol. The highest BCUT2D eigenvalue weighted by Gasteiger charge is 2.29. The summed E-state index contributed by atoms with van der Waals surface area (Å²) < 4.78 is 5.60. The van der Waals surface area contributed by atoms with Crippen LogP contribution in [-0.2, 0) is 14.3 Å². The van der Waals surface area contributed by atoms with Crippen LogP contribution in [0.3, 0.4) is 0 Å². The van der Waals surface area contributed by atoms with Crippen LogP contribution in [0.15, 0.2) is 48.5 Å². The van der Waals surface area contributed by atoms with E-state index in [1.54, 1.807) is 0 Å². The number of amides is 2. The molecule has 7 heteroatoms. The third-order valence-corrected chi connectivity index (χ3v) is 6.03. The van der Waals surface area contributed by atoms with Crippen LogP contribution < -0.4 is 10.6 Å². The number of carboxylic acids is 1. The molecule has 7 nitrogen and oxygen atoms in total. The fourth-order valence-electron chi connectivity index (χ4n) is 4.40. The summed E-state index contributed by atoms with van der Waals surface area (Å²) in [6.07, 6.45) is 2.02. The van der Waals surface area contributed by atoms with Gasteiger partial charge in [0, 0.05) is 18.9 Å². The summed E-state index contributed by atoms with van der Waals surface area (Å²) in [6, 6.07) is 15.6. The summed E-state index contributed by atoms with van der Waals surface area (Å²) in [7, 11) is 0. The minimum absolute atomic E-state index is 0.0404. The Morgan fingerprint density at radius 1 is 0.941 bits per heavy atom. The molecule has 2 aromatic rings. The van der Waals surface area contributed by atoms with Gasteiger partial charge in [-0.2, -0.15) is 0 Å². The number of hydrogen-bond donors (Lipinski definition) is 3. The second kappa shape index (κ2) is 12.2. The van der Waals surface area contributed by atoms with Crippen molar-refractivity contribution < 1.29 is 24.2 Å². The van der Waals surface area contributed by atoms with Crippen LogP contribution in [0.5, 0.6) is 0 Å². The fraction of sp³-hybridized carbons (Fsp3) is 0.444. The van der Waals surface area contributed by atoms with Gasteiger partial charge in [-0.05, 0) is 47.4 Å². The van der Waals surface area contributed by atoms with Crippen molar-refractivity contribution in [2.75, 3.05) is 13.2 Å². The first-order valence-electron chi connectivity index (χ1n) is 12.0. The second-order valence-corrected chi connectivity index (χ2v) is 9.15. The van der Waals surface area contributed by atoms with E-state index in [1.807, 2.05) is 38.1 Å². The minimum atomic E-state index is -0.812. The van der Waals surface area contributed by atoms with Crippen molar-refractivity contribution in [3.8, 4) is 11.1 Å². The quantitative estimate of drug-likeness (QED) is 0.393. The smallest absolute Gasteiger partial charge is 0.407 e. The number of nitrogens with one attached hydrogen (secondary N) is 2. The molecule has 2 aromatic carbocycles. The van der Waals surface area contributed by atoms with Crippen molar-refractivity contribution >= 4 is 18.0 Å². The van der Waals surface area contributed by atoms with Crippen LogP contribution in [0, 0.1) is 5.92 Å². The first kappa shape index (κ1) is 25.3. The highest BCUT2D eigenvalue weighted by molar-refractivity contribution is 5.85. The molecule has 0 radical (unpaired) electrons. The van der Waals surface area contributed by atoms with Gasteiger partial charge in [0.05, 0.1) is 0 Å². The number of aliphatic carboxylic acids is 1. The van der Waals surface area contributed by atoms with Crippen molar-refractivity contribution in [1.29, 1.82) is 0 Å². The van der Waals surface area contributed by atoms with Crippen molar-refractivity contribution in [1.82, 2.24) is 10.6 Å². The molecule has 0 heterocycles. The summed E-state index contributed by atoms with van der Waals surface area (Å²) in [6.45, 7) is 4.62. The van der Waals surface area contributed by atoms with Gasteiger partial charge in [-0.3, -0.25) is 9.59 Å². The lowest BCUT2D eigenvalue weighted by molar-refractivity contribution is -0.137. The summed E-state index contributed by atoms with van der Waals surface area (Å²) >= 11 is 0. The molecular formula is C27H34N2O5. The maximum atomic E-state index is 12.7. The van der Waals surface area contributed by atoms with E-state index in [0.29, 0.717) is 25.8 Å². The van der Waals surface area contributed by atoms with E-state index < -0.39 is 18.1 Å². The van der Waals surface area contributed by atoms with E-state index >= 15 is 0 Å². The van der Waals surface area contributed by atoms with Gasteiger partial charge in [0.2, 0.25) is 5.91 Å². The average molecular weight is 467 g/mol. The lowest BCUT2D eigenvalue weighted by Gasteiger charge is -2.21. The van der Waals surface area contributed by atoms with E-state index in [1.165, 1.54) is 0 Å². The van der Waals surface area contributed by atoms with Crippen molar-refractivity contribution in [2.45, 2.75) is 57.9 Å². The van der Waals surface area contributed by atoms with Gasteiger partial charge in [-0.15, -0.1) is 0 Å². The van der Waals surface area contributed by atoms with E-state index in [9.17, 15) is 14.4 Å². The zero-order valence-electron chi connectivity index (χ0n) is 19.9. The van der Waals surface area contributed by atoms with Gasteiger partial charge in [0.25, 0.3) is 0 Å². The molecule has 0 saturated carbocycles. The molecule has 182 valence electrons. The molecule has 0 saturated heterocycles. The highest BCUT2D eigenvalue weighted by Crippen LogP contribution is 2.44. The van der Waals surface area contributed by atoms with Crippen LogP contribution in [0.4, 0.5) is 4.79 Å². The highest BCUT2D eigenvalue weighted by atomic mass is 16.5. The number of ether oxygens (including phenoxy) is 1. The first-order valence-corrected chi connectivity index (χ1v) is 12.0. The predicted octanol–water partition coefficient (Wildman–Crippen LogP) is 4.70. The zero-order valence-corrected chi connectivity index (χ0v) is 19.9. The SMILES string of the molecule is CC(C)CC(NC(=O)OCC1c2ccccc2-c2ccccc21)C(=O)NCCCCCC(=O)O. The molecule has 3 N–H and O–H groups in total. The van der Waals surface area contributed by atoms with Crippen molar-refractivity contribution in [2.24, 2.45) is 5.92 Å². The Morgan fingerprint density at radius 3 is 2.15 bits per heavy atom. The Kier molecular flexibility index (Phi) is 9.08. The fourth-order valence-corrected chi connectivity index (χ4v) is 4.40. The van der Waals surface area contributed by atoms with Gasteiger partial charge in [-0.25, -0.2) is 4.79 Å². The zero-order chi connectivity index (χ0) is 24.5. The van der Waals surface area contributed by atoms with Crippen LogP contribution >= 0.6 is 0 Å². The van der Waals surface area contributed by atoms with Gasteiger partial charge in [-0.1, -0.05) is 68.8 Å². The molecule has 0 bridgehead atoms. The molecule has 2 amide bonds. The Labute approximate surface area is 200 Å². The number of fused-ring (bicyclic) bond motifs is 3. The molecule has 0 spiro atoms. The third-order valence-electron chi connectivity index (χ3n) is 6.03. The topological polar surface area (TPSA) is 105 Å². The molecule has 34 heavy (non-hydrogen) atoms. The Morgan fingerprint density at radius 2 is 1.56 bits per heavy atom. The molecule has 0 aromatic heterocycles. The summed E-state index contributed by atoms with van der Waals surface area (Å²) in [5.74, 6) is -0.893. The summed E-state index contributed by atoms with van der Waals surface area (Å²) in [5.41, 5.74) is 4.59. The van der Waals surface area contributed by atoms with Crippen LogP contribution in [-0.4, -0.2) is 42.3 Å². The van der Waals surface area contributed by atoms with E-state index in [-0.39, 0.29) is 30.8 Å². The number of carbonyl (C=O) groups is 3. The van der Waals surface area contributed by atoms with Crippen LogP contribution in [0.1, 0.15) is 63.0 Å². The van der Waals surface area contributed by atoms with E-state index in [0.717, 1.165) is 28.7 Å². The Hall–Kier alpha value is -3.35. The number of carboxylic acid groups (broad SMARTS) is 1. The maximum Gasteiger partial charge on any atom is 0.407 e. The number of hydrogen-bond acceptors (Lipinski definition) is 4. The van der Waals surface area contributed by atoms with E-state index in [4.69, 9.17) is 9.84 Å². The predicted molar refractivity (Wildman–Crippen MR) is 131 cm³/mol. The van der Waals surface area contributed by atoms with E-state index in [2.05, 4.69) is 34.9 Å². The number of carbonyl (C=O) groups excluding carboxylic acids is 2. The maximum absolute atomic E-state index is 12.7. The van der Waals surface area contributed by atoms with Gasteiger partial charge >= 0.3 is 12.1 Å². The number of benzene rings is 2. The average Bonchev–Trinajstić information content (AvgIpc) is 3.12. The van der Waals surface area contributed by atoms with Gasteiger partial charge in [0.1, 0.15) is 12.6 Å². The third kappa shape index (κ3) is 6.83. The summed E-state index contributed by atoms with van der Waals surface area (Å²) in [5, 5.41) is 14.3. The first-order chi connectivity index (χ1) is 16.4. The number of unbranched alkanes of at least 4 members (excludes halogenated alkanes) is 2. The molecule has 1 atom stereocenters. The Balaban J connectivity index is 1.53. The van der Waals surface area contributed by atoms with Gasteiger partial charge < -0.3 is 20.5 Å². The molecule has 3 rings (SSSR count). The summed E-state index contributed by atoms with van der Waals surface area (Å²) in [4.78, 5) is 35.9. The normalized spacial score (nSPS) is 13.1. The van der Waals surface area contributed by atoms with Crippen molar-refractivity contribution in [3.63, 3.8) is 0 Å². The minimum Gasteiger partial charge on any atom is -0.481 e. The molecule has 0 aliphatic heterocycles. The van der Waals surface area contributed by atoms with Crippen molar-refractivity contribution in [3.05, 3.63) is 59.7 Å². The largest absolute Gasteiger partial charge is 0.481 e. The Bertz CT molecular complexity index is 959. The standard InChI is InChI=1S/C27H34N2O5/c1-18(2)16-24(26(32)28-15-9-3-4-14-25(30)31)29-27(33)34-17-23-21-12-7-5-10-19(21)20-11-6-8-13-22(20)23/h5-8,10-13,18,23-24H,3-4,9,14-17H2,1-2H3,(H,28,32)(H,29,33)(H,30,31). The second-order valence-electron chi connectivity index (χ2n) is 9.15. The van der Waals surface area contributed by atoms with Gasteiger partial charge in [0.15, 0.2) is 0 Å². The molecule has 1 aliphatic rings. The lowest BCUT2D eigenvalue weighted by Crippen LogP contribution is -2.48. The molecule has 1 aliphatic carbocycles. The lowest BCUT2D eigenvalue weighted by atomic mass is 9.98. The van der Waals surface area contributed by atoms with Crippen LogP contribution in [0.2, 0.25) is 0 Å². The molecule has 1 unspecified atom stereocenters.